The van der Waals surface area contributed by atoms with Gasteiger partial charge in [0.2, 0.25) is 0 Å². The maximum Gasteiger partial charge on any atom is 0.303 e. The molecule has 0 unspecified atom stereocenters. The number of hydrogen-bond acceptors (Lipinski definition) is 9. The minimum Gasteiger partial charge on any atom is -0.463 e. The van der Waals surface area contributed by atoms with E-state index < -0.39 is 48.6 Å². The Morgan fingerprint density at radius 1 is 0.714 bits per heavy atom. The minimum absolute atomic E-state index is 0.250. The molecular weight excluding hydrogens is 456 g/mol. The average molecular weight is 503 g/mol. The molecular formula is C26H46O9. The summed E-state index contributed by atoms with van der Waals surface area (Å²) in [6.45, 7) is 5.98. The van der Waals surface area contributed by atoms with Crippen molar-refractivity contribution >= 4 is 17.9 Å². The molecule has 1 fully saturated rings. The number of ether oxygens (including phenoxy) is 5. The van der Waals surface area contributed by atoms with Crippen molar-refractivity contribution in [2.24, 2.45) is 0 Å². The summed E-state index contributed by atoms with van der Waals surface area (Å²) in [6, 6.07) is 0. The van der Waals surface area contributed by atoms with Crippen LogP contribution in [0.3, 0.4) is 0 Å². The summed E-state index contributed by atoms with van der Waals surface area (Å²) in [4.78, 5) is 34.5. The molecule has 1 rings (SSSR count). The Morgan fingerprint density at radius 3 is 1.69 bits per heavy atom. The molecule has 1 N–H and O–H groups in total. The van der Waals surface area contributed by atoms with Gasteiger partial charge in [0, 0.05) is 27.4 Å². The molecule has 0 aliphatic carbocycles. The highest BCUT2D eigenvalue weighted by Crippen LogP contribution is 2.28. The van der Waals surface area contributed by atoms with Gasteiger partial charge in [0.25, 0.3) is 0 Å². The van der Waals surface area contributed by atoms with Gasteiger partial charge in [0.1, 0.15) is 18.8 Å². The molecule has 0 aromatic heterocycles. The molecule has 0 radical (unpaired) electrons. The van der Waals surface area contributed by atoms with Crippen molar-refractivity contribution in [2.45, 2.75) is 135 Å². The summed E-state index contributed by atoms with van der Waals surface area (Å²) in [5.41, 5.74) is 0. The maximum absolute atomic E-state index is 11.7. The van der Waals surface area contributed by atoms with Crippen LogP contribution in [0.2, 0.25) is 0 Å². The second kappa shape index (κ2) is 18.5. The zero-order valence-electron chi connectivity index (χ0n) is 22.0. The molecule has 0 amide bonds. The first kappa shape index (κ1) is 31.3. The zero-order chi connectivity index (χ0) is 26.1. The quantitative estimate of drug-likeness (QED) is 0.167. The number of rotatable bonds is 18. The van der Waals surface area contributed by atoms with Crippen LogP contribution in [0.1, 0.15) is 105 Å². The Labute approximate surface area is 210 Å². The van der Waals surface area contributed by atoms with E-state index in [1.54, 1.807) is 0 Å². The first-order chi connectivity index (χ1) is 16.8. The topological polar surface area (TPSA) is 118 Å². The van der Waals surface area contributed by atoms with E-state index in [9.17, 15) is 19.5 Å². The van der Waals surface area contributed by atoms with Crippen LogP contribution in [0.15, 0.2) is 0 Å². The number of esters is 3. The number of carbonyl (C=O) groups is 3. The fraction of sp³-hybridized carbons (Fsp3) is 0.885. The van der Waals surface area contributed by atoms with Gasteiger partial charge in [0.15, 0.2) is 18.5 Å². The van der Waals surface area contributed by atoms with Crippen LogP contribution < -0.4 is 0 Å². The van der Waals surface area contributed by atoms with Crippen molar-refractivity contribution in [3.05, 3.63) is 0 Å². The van der Waals surface area contributed by atoms with Crippen LogP contribution in [-0.4, -0.2) is 66.9 Å². The fourth-order valence-electron chi connectivity index (χ4n) is 4.15. The largest absolute Gasteiger partial charge is 0.463 e. The molecule has 5 atom stereocenters. The summed E-state index contributed by atoms with van der Waals surface area (Å²) in [5, 5.41) is 10.6. The lowest BCUT2D eigenvalue weighted by atomic mass is 9.98. The number of aliphatic hydroxyl groups excluding tert-OH is 1. The van der Waals surface area contributed by atoms with Crippen molar-refractivity contribution in [3.63, 3.8) is 0 Å². The predicted octanol–water partition coefficient (Wildman–Crippen LogP) is 4.22. The lowest BCUT2D eigenvalue weighted by molar-refractivity contribution is -0.306. The second-order valence-electron chi connectivity index (χ2n) is 9.24. The van der Waals surface area contributed by atoms with E-state index in [2.05, 4.69) is 6.92 Å². The van der Waals surface area contributed by atoms with E-state index in [0.717, 1.165) is 19.3 Å². The Hall–Kier alpha value is -1.71. The summed E-state index contributed by atoms with van der Waals surface area (Å²) in [6.07, 6.45) is 8.80. The Bertz CT molecular complexity index is 610. The molecule has 1 saturated heterocycles. The minimum atomic E-state index is -1.37. The molecule has 0 aromatic rings. The van der Waals surface area contributed by atoms with Crippen LogP contribution in [0.25, 0.3) is 0 Å². The van der Waals surface area contributed by atoms with Crippen molar-refractivity contribution < 1.29 is 43.2 Å². The lowest BCUT2D eigenvalue weighted by Gasteiger charge is -2.42. The first-order valence-corrected chi connectivity index (χ1v) is 13.2. The molecule has 204 valence electrons. The van der Waals surface area contributed by atoms with Crippen LogP contribution in [0.5, 0.6) is 0 Å². The van der Waals surface area contributed by atoms with E-state index in [1.165, 1.54) is 78.6 Å². The van der Waals surface area contributed by atoms with Crippen molar-refractivity contribution in [1.82, 2.24) is 0 Å². The molecule has 1 aliphatic heterocycles. The Morgan fingerprint density at radius 2 is 1.20 bits per heavy atom. The van der Waals surface area contributed by atoms with E-state index in [0.29, 0.717) is 6.61 Å². The summed E-state index contributed by atoms with van der Waals surface area (Å²) in [7, 11) is 0. The van der Waals surface area contributed by atoms with Crippen LogP contribution in [-0.2, 0) is 38.1 Å². The van der Waals surface area contributed by atoms with E-state index in [-0.39, 0.29) is 6.61 Å². The van der Waals surface area contributed by atoms with Gasteiger partial charge in [-0.15, -0.1) is 0 Å². The number of hydrogen-bond donors (Lipinski definition) is 1. The third-order valence-corrected chi connectivity index (χ3v) is 5.95. The summed E-state index contributed by atoms with van der Waals surface area (Å²) in [5.74, 6) is -1.82. The average Bonchev–Trinajstić information content (AvgIpc) is 2.79. The van der Waals surface area contributed by atoms with Gasteiger partial charge in [-0.05, 0) is 6.42 Å². The van der Waals surface area contributed by atoms with Gasteiger partial charge < -0.3 is 28.8 Å². The molecule has 0 saturated carbocycles. The van der Waals surface area contributed by atoms with E-state index in [4.69, 9.17) is 23.7 Å². The predicted molar refractivity (Wildman–Crippen MR) is 129 cm³/mol. The maximum atomic E-state index is 11.7. The highest BCUT2D eigenvalue weighted by Gasteiger charge is 2.50. The van der Waals surface area contributed by atoms with Crippen molar-refractivity contribution in [1.29, 1.82) is 0 Å². The van der Waals surface area contributed by atoms with Gasteiger partial charge >= 0.3 is 17.9 Å². The molecule has 1 heterocycles. The molecule has 0 spiro atoms. The van der Waals surface area contributed by atoms with E-state index in [1.807, 2.05) is 0 Å². The lowest BCUT2D eigenvalue weighted by Crippen LogP contribution is -2.61. The smallest absolute Gasteiger partial charge is 0.303 e. The van der Waals surface area contributed by atoms with Gasteiger partial charge in [-0.1, -0.05) is 77.6 Å². The normalized spacial score (nSPS) is 24.1. The SMILES string of the molecule is CCCCCCCCCCCCCCO[C@@H]1O[C@H](COC(C)=O)[C@@H](O)[C@H](OC(C)=O)[C@H]1OC(C)=O. The van der Waals surface area contributed by atoms with Crippen LogP contribution in [0.4, 0.5) is 0 Å². The van der Waals surface area contributed by atoms with Gasteiger partial charge in [-0.2, -0.15) is 0 Å². The van der Waals surface area contributed by atoms with Gasteiger partial charge in [-0.25, -0.2) is 0 Å². The van der Waals surface area contributed by atoms with Crippen molar-refractivity contribution in [3.8, 4) is 0 Å². The Balaban J connectivity index is 2.46. The van der Waals surface area contributed by atoms with Gasteiger partial charge in [0.05, 0.1) is 0 Å². The number of unbranched alkanes of at least 4 members (excludes halogenated alkanes) is 11. The molecule has 35 heavy (non-hydrogen) atoms. The second-order valence-corrected chi connectivity index (χ2v) is 9.24. The van der Waals surface area contributed by atoms with Crippen LogP contribution in [0, 0.1) is 0 Å². The van der Waals surface area contributed by atoms with Crippen LogP contribution >= 0.6 is 0 Å². The van der Waals surface area contributed by atoms with E-state index >= 15 is 0 Å². The standard InChI is InChI=1S/C26H46O9/c1-5-6-7-8-9-10-11-12-13-14-15-16-17-31-26-25(34-21(4)29)24(33-20(3)28)23(30)22(35-26)18-32-19(2)27/h22-26,30H,5-18H2,1-4H3/t22-,23-,24+,25-,26-/m1/s1. The number of carbonyl (C=O) groups excluding carboxylic acids is 3. The first-order valence-electron chi connectivity index (χ1n) is 13.2. The molecule has 0 bridgehead atoms. The third kappa shape index (κ3) is 13.8. The summed E-state index contributed by atoms with van der Waals surface area (Å²) < 4.78 is 27.1. The molecule has 9 heteroatoms. The fourth-order valence-corrected chi connectivity index (χ4v) is 4.15. The molecule has 1 aliphatic rings. The van der Waals surface area contributed by atoms with Crippen molar-refractivity contribution in [2.75, 3.05) is 13.2 Å². The molecule has 9 nitrogen and oxygen atoms in total. The van der Waals surface area contributed by atoms with Gasteiger partial charge in [-0.3, -0.25) is 14.4 Å². The third-order valence-electron chi connectivity index (χ3n) is 5.95. The highest BCUT2D eigenvalue weighted by atomic mass is 16.7. The molecule has 0 aromatic carbocycles. The summed E-state index contributed by atoms with van der Waals surface area (Å²) >= 11 is 0. The Kier molecular flexibility index (Phi) is 16.6. The highest BCUT2D eigenvalue weighted by molar-refractivity contribution is 5.67. The zero-order valence-corrected chi connectivity index (χ0v) is 22.0. The monoisotopic (exact) mass is 502 g/mol. The number of aliphatic hydroxyl groups is 1.